The zero-order valence-electron chi connectivity index (χ0n) is 7.59. The Bertz CT molecular complexity index is 484. The lowest BCUT2D eigenvalue weighted by Gasteiger charge is -2.24. The zero-order chi connectivity index (χ0) is 12.0. The number of nitrogens with zero attached hydrogens (tertiary/aromatic N) is 4. The minimum absolute atomic E-state index is 0.0305. The van der Waals surface area contributed by atoms with Gasteiger partial charge in [0, 0.05) is 13.1 Å². The Hall–Kier alpha value is 0.0400. The van der Waals surface area contributed by atoms with Crippen molar-refractivity contribution in [3.8, 4) is 0 Å². The van der Waals surface area contributed by atoms with E-state index in [4.69, 9.17) is 0 Å². The average molecular weight is 298 g/mol. The Kier molecular flexibility index (Phi) is 2.94. The molecule has 0 aromatic heterocycles. The van der Waals surface area contributed by atoms with Gasteiger partial charge >= 0.3 is 23.3 Å². The molecule has 12 heteroatoms. The van der Waals surface area contributed by atoms with Gasteiger partial charge in [-0.3, -0.25) is 0 Å². The Morgan fingerprint density at radius 1 is 0.812 bits per heavy atom. The molecule has 16 heavy (non-hydrogen) atoms. The second kappa shape index (κ2) is 3.77. The van der Waals surface area contributed by atoms with Gasteiger partial charge in [0.1, 0.15) is 0 Å². The third kappa shape index (κ3) is 2.48. The number of hydrogen-bond acceptors (Lipinski definition) is 4. The van der Waals surface area contributed by atoms with Crippen molar-refractivity contribution in [2.45, 2.75) is 0 Å². The van der Waals surface area contributed by atoms with Gasteiger partial charge in [-0.15, -0.1) is 30.3 Å². The third-order valence-corrected chi connectivity index (χ3v) is 8.13. The van der Waals surface area contributed by atoms with Gasteiger partial charge in [-0.25, -0.2) is 4.67 Å². The van der Waals surface area contributed by atoms with Crippen LogP contribution in [0.5, 0.6) is 0 Å². The molecule has 92 valence electrons. The van der Waals surface area contributed by atoms with E-state index in [-0.39, 0.29) is 13.1 Å². The lowest BCUT2D eigenvalue weighted by molar-refractivity contribution is 0.539. The maximum Gasteiger partial charge on any atom is 0.424 e. The highest BCUT2D eigenvalue weighted by atomic mass is 31.3. The van der Waals surface area contributed by atoms with Gasteiger partial charge < -0.3 is 0 Å². The van der Waals surface area contributed by atoms with Gasteiger partial charge in [0.05, 0.1) is 0 Å². The van der Waals surface area contributed by atoms with Crippen molar-refractivity contribution in [3.63, 3.8) is 0 Å². The normalized spacial score (nSPS) is 36.3. The van der Waals surface area contributed by atoms with E-state index in [2.05, 4.69) is 9.03 Å². The smallest absolute Gasteiger partial charge is 0.219 e. The summed E-state index contributed by atoms with van der Waals surface area (Å²) < 4.78 is 73.3. The first-order valence-corrected chi connectivity index (χ1v) is 8.52. The first-order chi connectivity index (χ1) is 7.23. The minimum Gasteiger partial charge on any atom is -0.219 e. The summed E-state index contributed by atoms with van der Waals surface area (Å²) in [7, 11) is -15.8. The van der Waals surface area contributed by atoms with Crippen LogP contribution in [0.1, 0.15) is 0 Å². The highest BCUT2D eigenvalue weighted by Crippen LogP contribution is 2.82. The predicted octanol–water partition coefficient (Wildman–Crippen LogP) is 5.56. The highest BCUT2D eigenvalue weighted by Gasteiger charge is 2.42. The highest BCUT2D eigenvalue weighted by molar-refractivity contribution is 7.78. The van der Waals surface area contributed by atoms with Crippen LogP contribution in [-0.4, -0.2) is 17.8 Å². The van der Waals surface area contributed by atoms with Crippen LogP contribution in [0.15, 0.2) is 25.7 Å². The largest absolute Gasteiger partial charge is 0.424 e. The molecular formula is C4H6F5N4P3. The van der Waals surface area contributed by atoms with E-state index >= 15 is 0 Å². The van der Waals surface area contributed by atoms with E-state index in [1.165, 1.54) is 12.2 Å². The fraction of sp³-hybridized carbons (Fsp3) is 0.500. The van der Waals surface area contributed by atoms with E-state index in [0.29, 0.717) is 0 Å². The van der Waals surface area contributed by atoms with Crippen molar-refractivity contribution in [1.82, 2.24) is 4.67 Å². The fourth-order valence-electron chi connectivity index (χ4n) is 1.24. The first-order valence-electron chi connectivity index (χ1n) is 4.03. The molecule has 0 fully saturated rings. The van der Waals surface area contributed by atoms with Crippen LogP contribution in [0, 0.1) is 0 Å². The Morgan fingerprint density at radius 2 is 1.31 bits per heavy atom. The summed E-state index contributed by atoms with van der Waals surface area (Å²) >= 11 is 0. The van der Waals surface area contributed by atoms with Gasteiger partial charge in [0.2, 0.25) is 0 Å². The summed E-state index contributed by atoms with van der Waals surface area (Å²) in [5.74, 6) is 0. The van der Waals surface area contributed by atoms with Crippen molar-refractivity contribution in [1.29, 1.82) is 0 Å². The molecular weight excluding hydrogens is 292 g/mol. The van der Waals surface area contributed by atoms with E-state index in [1.807, 2.05) is 4.52 Å². The van der Waals surface area contributed by atoms with Crippen molar-refractivity contribution in [3.05, 3.63) is 12.2 Å². The summed E-state index contributed by atoms with van der Waals surface area (Å²) in [6.07, 6.45) is 2.98. The molecule has 0 aromatic rings. The monoisotopic (exact) mass is 298 g/mol. The molecule has 0 radical (unpaired) electrons. The minimum atomic E-state index is -5.57. The Balaban J connectivity index is 2.54. The molecule has 0 saturated carbocycles. The molecule has 0 aromatic carbocycles. The van der Waals surface area contributed by atoms with Crippen LogP contribution >= 0.6 is 23.3 Å². The first kappa shape index (κ1) is 12.5. The molecule has 2 aliphatic rings. The molecule has 2 rings (SSSR count). The van der Waals surface area contributed by atoms with E-state index < -0.39 is 23.3 Å². The van der Waals surface area contributed by atoms with Gasteiger partial charge in [0.25, 0.3) is 0 Å². The number of halogens is 5. The summed E-state index contributed by atoms with van der Waals surface area (Å²) in [5.41, 5.74) is 0. The van der Waals surface area contributed by atoms with Crippen LogP contribution < -0.4 is 0 Å². The zero-order valence-corrected chi connectivity index (χ0v) is 10.3. The van der Waals surface area contributed by atoms with Crippen LogP contribution in [0.2, 0.25) is 0 Å². The summed E-state index contributed by atoms with van der Waals surface area (Å²) in [6, 6.07) is 0. The summed E-state index contributed by atoms with van der Waals surface area (Å²) in [4.78, 5) is 0. The van der Waals surface area contributed by atoms with Crippen molar-refractivity contribution in [2.24, 2.45) is 13.5 Å². The molecule has 0 aliphatic carbocycles. The molecule has 2 heterocycles. The summed E-state index contributed by atoms with van der Waals surface area (Å²) in [6.45, 7) is -0.0610. The number of hydrogen-bond donors (Lipinski definition) is 0. The lowest BCUT2D eigenvalue weighted by atomic mass is 10.6. The van der Waals surface area contributed by atoms with Gasteiger partial charge in [-0.1, -0.05) is 12.2 Å². The Labute approximate surface area is 88.5 Å². The van der Waals surface area contributed by atoms with Gasteiger partial charge in [-0.2, -0.15) is 4.20 Å². The second-order valence-electron chi connectivity index (χ2n) is 3.02. The number of rotatable bonds is 1. The van der Waals surface area contributed by atoms with Crippen LogP contribution in [0.4, 0.5) is 21.0 Å². The molecule has 0 amide bonds. The Morgan fingerprint density at radius 3 is 1.81 bits per heavy atom. The lowest BCUT2D eigenvalue weighted by Crippen LogP contribution is -2.13. The molecule has 0 N–H and O–H groups in total. The molecule has 0 saturated heterocycles. The second-order valence-corrected chi connectivity index (χ2v) is 8.54. The van der Waals surface area contributed by atoms with Crippen LogP contribution in [0.3, 0.4) is 0 Å². The van der Waals surface area contributed by atoms with Crippen molar-refractivity contribution < 1.29 is 21.0 Å². The maximum atomic E-state index is 14.0. The van der Waals surface area contributed by atoms with Crippen molar-refractivity contribution >= 4 is 23.3 Å². The van der Waals surface area contributed by atoms with E-state index in [9.17, 15) is 21.0 Å². The molecule has 1 unspecified atom stereocenters. The van der Waals surface area contributed by atoms with Crippen LogP contribution in [-0.2, 0) is 0 Å². The maximum absolute atomic E-state index is 14.0. The molecule has 1 atom stereocenters. The fourth-order valence-corrected chi connectivity index (χ4v) is 7.38. The van der Waals surface area contributed by atoms with E-state index in [1.54, 1.807) is 0 Å². The summed E-state index contributed by atoms with van der Waals surface area (Å²) in [5, 5.41) is 0. The quantitative estimate of drug-likeness (QED) is 0.355. The molecule has 4 nitrogen and oxygen atoms in total. The predicted molar refractivity (Wildman–Crippen MR) is 54.3 cm³/mol. The van der Waals surface area contributed by atoms with Crippen molar-refractivity contribution in [2.75, 3.05) is 13.1 Å². The van der Waals surface area contributed by atoms with Gasteiger partial charge in [0.15, 0.2) is 0 Å². The topological polar surface area (TPSA) is 40.3 Å². The SMILES string of the molecule is FP1(F)=NP(F)(F)=NP(F)(N2CC=CC2)=N1. The molecule has 0 bridgehead atoms. The molecule has 2 aliphatic heterocycles. The average Bonchev–Trinajstić information content (AvgIpc) is 2.46. The van der Waals surface area contributed by atoms with E-state index in [0.717, 1.165) is 4.67 Å². The standard InChI is InChI=1S/C4H6F5N4P3/c5-14(6)10-15(7,8)12-16(9,11-14)13-3-1-2-4-13/h1-2H,3-4H2. The third-order valence-electron chi connectivity index (χ3n) is 1.82. The van der Waals surface area contributed by atoms with Gasteiger partial charge in [-0.05, 0) is 0 Å². The molecule has 0 spiro atoms. The van der Waals surface area contributed by atoms with Crippen LogP contribution in [0.25, 0.3) is 0 Å².